The van der Waals surface area contributed by atoms with Gasteiger partial charge in [-0.25, -0.2) is 4.68 Å². The lowest BCUT2D eigenvalue weighted by Crippen LogP contribution is -2.13. The van der Waals surface area contributed by atoms with Crippen molar-refractivity contribution in [2.24, 2.45) is 10.1 Å². The number of methoxy groups -OCH3 is 2. The topological polar surface area (TPSA) is 68.3 Å². The van der Waals surface area contributed by atoms with Crippen LogP contribution in [-0.4, -0.2) is 43.4 Å². The number of aromatic nitrogens is 1. The summed E-state index contributed by atoms with van der Waals surface area (Å²) in [5.74, 6) is 0.509. The molecule has 0 atom stereocenters. The third kappa shape index (κ3) is 4.21. The monoisotopic (exact) mass is 389 g/mol. The Morgan fingerprint density at radius 2 is 2.12 bits per heavy atom. The van der Waals surface area contributed by atoms with Crippen LogP contribution in [-0.2, 0) is 4.74 Å². The number of aromatic hydroxyl groups is 1. The molecular formula is C18H19N3O3S2. The van der Waals surface area contributed by atoms with Crippen LogP contribution in [0.4, 0.5) is 0 Å². The Balaban J connectivity index is 1.99. The summed E-state index contributed by atoms with van der Waals surface area (Å²) >= 11 is 3.19. The van der Waals surface area contributed by atoms with Gasteiger partial charge in [0.15, 0.2) is 11.5 Å². The number of ether oxygens (including phenoxy) is 2. The molecule has 3 aromatic rings. The van der Waals surface area contributed by atoms with Crippen LogP contribution in [0.5, 0.6) is 11.5 Å². The zero-order chi connectivity index (χ0) is 18.4. The lowest BCUT2D eigenvalue weighted by Gasteiger charge is -2.04. The van der Waals surface area contributed by atoms with Crippen LogP contribution in [0.1, 0.15) is 5.56 Å². The van der Waals surface area contributed by atoms with E-state index in [-0.39, 0.29) is 5.75 Å². The lowest BCUT2D eigenvalue weighted by atomic mass is 10.2. The molecule has 0 aliphatic carbocycles. The maximum Gasteiger partial charge on any atom is 0.206 e. The Labute approximate surface area is 159 Å². The minimum atomic E-state index is 0.0994. The van der Waals surface area contributed by atoms with Gasteiger partial charge in [0.25, 0.3) is 0 Å². The quantitative estimate of drug-likeness (QED) is 0.497. The molecule has 6 nitrogen and oxygen atoms in total. The van der Waals surface area contributed by atoms with E-state index < -0.39 is 0 Å². The predicted molar refractivity (Wildman–Crippen MR) is 106 cm³/mol. The van der Waals surface area contributed by atoms with E-state index in [9.17, 15) is 5.11 Å². The highest BCUT2D eigenvalue weighted by Gasteiger charge is 2.08. The fourth-order valence-electron chi connectivity index (χ4n) is 2.25. The minimum absolute atomic E-state index is 0.0994. The maximum absolute atomic E-state index is 9.72. The Bertz CT molecular complexity index is 943. The van der Waals surface area contributed by atoms with E-state index in [0.717, 1.165) is 20.9 Å². The molecule has 1 aromatic carbocycles. The van der Waals surface area contributed by atoms with Crippen molar-refractivity contribution < 1.29 is 14.6 Å². The van der Waals surface area contributed by atoms with E-state index in [2.05, 4.69) is 16.2 Å². The summed E-state index contributed by atoms with van der Waals surface area (Å²) in [5.41, 5.74) is 1.81. The fourth-order valence-corrected chi connectivity index (χ4v) is 3.90. The first-order valence-electron chi connectivity index (χ1n) is 7.88. The van der Waals surface area contributed by atoms with Crippen molar-refractivity contribution in [2.75, 3.05) is 27.4 Å². The highest BCUT2D eigenvalue weighted by Crippen LogP contribution is 2.26. The molecule has 0 fully saturated rings. The van der Waals surface area contributed by atoms with Gasteiger partial charge in [-0.05, 0) is 35.2 Å². The molecule has 0 saturated heterocycles. The number of hydrogen-bond acceptors (Lipinski definition) is 7. The normalized spacial score (nSPS) is 12.2. The molecule has 2 heterocycles. The Morgan fingerprint density at radius 3 is 2.85 bits per heavy atom. The van der Waals surface area contributed by atoms with Gasteiger partial charge in [-0.1, -0.05) is 6.07 Å². The van der Waals surface area contributed by atoms with Crippen molar-refractivity contribution in [3.05, 3.63) is 51.5 Å². The molecule has 0 bridgehead atoms. The molecule has 0 radical (unpaired) electrons. The molecule has 1 N–H and O–H groups in total. The van der Waals surface area contributed by atoms with Crippen LogP contribution in [0.2, 0.25) is 0 Å². The van der Waals surface area contributed by atoms with Crippen molar-refractivity contribution in [1.29, 1.82) is 0 Å². The molecular weight excluding hydrogens is 370 g/mol. The number of phenols is 1. The van der Waals surface area contributed by atoms with Gasteiger partial charge in [0.05, 0.1) is 37.0 Å². The number of hydrogen-bond donors (Lipinski definition) is 1. The SMILES string of the molecule is COCCN=c1scc(-c2cccs2)n1/N=C/c1ccc(O)c(OC)c1. The summed E-state index contributed by atoms with van der Waals surface area (Å²) in [6.45, 7) is 1.13. The van der Waals surface area contributed by atoms with Crippen LogP contribution in [0.25, 0.3) is 10.6 Å². The van der Waals surface area contributed by atoms with Crippen molar-refractivity contribution in [3.63, 3.8) is 0 Å². The summed E-state index contributed by atoms with van der Waals surface area (Å²) in [7, 11) is 3.18. The van der Waals surface area contributed by atoms with E-state index in [0.29, 0.717) is 18.9 Å². The first kappa shape index (κ1) is 18.4. The second-order valence-electron chi connectivity index (χ2n) is 5.24. The van der Waals surface area contributed by atoms with E-state index in [1.54, 1.807) is 42.9 Å². The number of phenolic OH excluding ortho intramolecular Hbond substituents is 1. The molecule has 0 unspecified atom stereocenters. The molecule has 26 heavy (non-hydrogen) atoms. The smallest absolute Gasteiger partial charge is 0.206 e. The van der Waals surface area contributed by atoms with Crippen LogP contribution >= 0.6 is 22.7 Å². The summed E-state index contributed by atoms with van der Waals surface area (Å²) in [6, 6.07) is 9.17. The largest absolute Gasteiger partial charge is 0.504 e. The maximum atomic E-state index is 9.72. The van der Waals surface area contributed by atoms with Gasteiger partial charge < -0.3 is 14.6 Å². The van der Waals surface area contributed by atoms with Crippen molar-refractivity contribution in [2.45, 2.75) is 0 Å². The molecule has 3 rings (SSSR count). The van der Waals surface area contributed by atoms with Gasteiger partial charge >= 0.3 is 0 Å². The average Bonchev–Trinajstić information content (AvgIpc) is 3.31. The lowest BCUT2D eigenvalue weighted by molar-refractivity contribution is 0.207. The second kappa shape index (κ2) is 8.79. The summed E-state index contributed by atoms with van der Waals surface area (Å²) in [5, 5.41) is 18.4. The van der Waals surface area contributed by atoms with Gasteiger partial charge in [-0.2, -0.15) is 5.10 Å². The summed E-state index contributed by atoms with van der Waals surface area (Å²) in [6.07, 6.45) is 1.72. The third-order valence-electron chi connectivity index (χ3n) is 3.53. The van der Waals surface area contributed by atoms with Crippen molar-refractivity contribution in [1.82, 2.24) is 4.68 Å². The molecule has 8 heteroatoms. The van der Waals surface area contributed by atoms with E-state index >= 15 is 0 Å². The highest BCUT2D eigenvalue weighted by molar-refractivity contribution is 7.14. The van der Waals surface area contributed by atoms with E-state index in [4.69, 9.17) is 9.47 Å². The first-order chi connectivity index (χ1) is 12.7. The van der Waals surface area contributed by atoms with Gasteiger partial charge in [0.1, 0.15) is 0 Å². The molecule has 0 spiro atoms. The zero-order valence-corrected chi connectivity index (χ0v) is 16.1. The van der Waals surface area contributed by atoms with Crippen LogP contribution in [0, 0.1) is 0 Å². The fraction of sp³-hybridized carbons (Fsp3) is 0.222. The zero-order valence-electron chi connectivity index (χ0n) is 14.5. The third-order valence-corrected chi connectivity index (χ3v) is 5.27. The molecule has 0 saturated carbocycles. The van der Waals surface area contributed by atoms with Gasteiger partial charge in [0, 0.05) is 12.5 Å². The molecule has 136 valence electrons. The van der Waals surface area contributed by atoms with Crippen LogP contribution in [0.15, 0.2) is 51.2 Å². The summed E-state index contributed by atoms with van der Waals surface area (Å²) in [4.78, 5) is 6.49. The number of rotatable bonds is 7. The number of benzene rings is 1. The number of thiophene rings is 1. The van der Waals surface area contributed by atoms with Crippen molar-refractivity contribution in [3.8, 4) is 22.1 Å². The van der Waals surface area contributed by atoms with Gasteiger partial charge in [-0.3, -0.25) is 4.99 Å². The standard InChI is InChI=1S/C18H19N3O3S2/c1-23-8-7-19-18-21(14(12-26-18)17-4-3-9-25-17)20-11-13-5-6-15(22)16(10-13)24-2/h3-6,9-12,22H,7-8H2,1-2H3/b19-18?,20-11+. The van der Waals surface area contributed by atoms with Gasteiger partial charge in [-0.15, -0.1) is 22.7 Å². The van der Waals surface area contributed by atoms with E-state index in [1.807, 2.05) is 21.5 Å². The Kier molecular flexibility index (Phi) is 6.21. The Morgan fingerprint density at radius 1 is 1.23 bits per heavy atom. The molecule has 0 aliphatic rings. The predicted octanol–water partition coefficient (Wildman–Crippen LogP) is 3.42. The number of nitrogens with zero attached hydrogens (tertiary/aromatic N) is 3. The number of thiazole rings is 1. The summed E-state index contributed by atoms with van der Waals surface area (Å²) < 4.78 is 12.0. The Hall–Kier alpha value is -2.42. The van der Waals surface area contributed by atoms with Crippen molar-refractivity contribution >= 4 is 28.9 Å². The molecule has 2 aromatic heterocycles. The average molecular weight is 390 g/mol. The van der Waals surface area contributed by atoms with Crippen LogP contribution in [0.3, 0.4) is 0 Å². The minimum Gasteiger partial charge on any atom is -0.504 e. The van der Waals surface area contributed by atoms with E-state index in [1.165, 1.54) is 18.4 Å². The highest BCUT2D eigenvalue weighted by atomic mass is 32.1. The molecule has 0 amide bonds. The van der Waals surface area contributed by atoms with Gasteiger partial charge in [0.2, 0.25) is 4.80 Å². The van der Waals surface area contributed by atoms with Crippen LogP contribution < -0.4 is 9.54 Å². The molecule has 0 aliphatic heterocycles. The second-order valence-corrected chi connectivity index (χ2v) is 7.03. The first-order valence-corrected chi connectivity index (χ1v) is 9.64.